The van der Waals surface area contributed by atoms with Crippen LogP contribution in [-0.4, -0.2) is 34.8 Å². The third-order valence-electron chi connectivity index (χ3n) is 3.83. The smallest absolute Gasteiger partial charge is 0.287 e. The third kappa shape index (κ3) is 4.61. The van der Waals surface area contributed by atoms with Gasteiger partial charge >= 0.3 is 0 Å². The summed E-state index contributed by atoms with van der Waals surface area (Å²) in [6.45, 7) is 1.14. The van der Waals surface area contributed by atoms with Crippen LogP contribution in [-0.2, 0) is 21.4 Å². The molecule has 0 saturated heterocycles. The number of amides is 1. The summed E-state index contributed by atoms with van der Waals surface area (Å²) in [7, 11) is -4.26. The maximum Gasteiger partial charge on any atom is 0.287 e. The fourth-order valence-electron chi connectivity index (χ4n) is 2.35. The fourth-order valence-corrected chi connectivity index (χ4v) is 4.27. The van der Waals surface area contributed by atoms with Gasteiger partial charge in [-0.3, -0.25) is 20.1 Å². The number of rotatable bonds is 7. The third-order valence-corrected chi connectivity index (χ3v) is 6.04. The zero-order valence-corrected chi connectivity index (χ0v) is 15.6. The number of nitro groups is 1. The molecule has 1 atom stereocenters. The molecule has 0 aliphatic carbocycles. The lowest BCUT2D eigenvalue weighted by atomic mass is 10.2. The van der Waals surface area contributed by atoms with Crippen LogP contribution < -0.4 is 5.48 Å². The molecule has 2 rings (SSSR count). The van der Waals surface area contributed by atoms with Crippen LogP contribution >= 0.6 is 11.6 Å². The van der Waals surface area contributed by atoms with Crippen molar-refractivity contribution in [1.29, 1.82) is 0 Å². The van der Waals surface area contributed by atoms with Crippen LogP contribution in [0.25, 0.3) is 0 Å². The SMILES string of the molecule is C[C@@H](C(=O)NO)N(Cc1ccccc1)S(=O)(=O)c1ccc([N+](=O)[O-])c(Cl)c1. The van der Waals surface area contributed by atoms with E-state index in [0.29, 0.717) is 5.56 Å². The van der Waals surface area contributed by atoms with E-state index in [9.17, 15) is 23.3 Å². The zero-order valence-electron chi connectivity index (χ0n) is 14.1. The number of hydrogen-bond acceptors (Lipinski definition) is 6. The van der Waals surface area contributed by atoms with Crippen LogP contribution in [0.1, 0.15) is 12.5 Å². The summed E-state index contributed by atoms with van der Waals surface area (Å²) in [6.07, 6.45) is 0. The Kier molecular flexibility index (Phi) is 6.50. The van der Waals surface area contributed by atoms with E-state index >= 15 is 0 Å². The van der Waals surface area contributed by atoms with E-state index in [2.05, 4.69) is 0 Å². The summed E-state index contributed by atoms with van der Waals surface area (Å²) in [6, 6.07) is 10.2. The predicted octanol–water partition coefficient (Wildman–Crippen LogP) is 2.33. The molecule has 2 aromatic rings. The molecule has 1 amide bonds. The molecule has 0 saturated carbocycles. The van der Waals surface area contributed by atoms with Gasteiger partial charge in [-0.05, 0) is 24.6 Å². The summed E-state index contributed by atoms with van der Waals surface area (Å²) in [4.78, 5) is 21.7. The van der Waals surface area contributed by atoms with Crippen LogP contribution in [0.5, 0.6) is 0 Å². The Labute approximate surface area is 160 Å². The standard InChI is InChI=1S/C16H16ClN3O6S/c1-11(16(21)18-22)19(10-12-5-3-2-4-6-12)27(25,26)13-7-8-15(20(23)24)14(17)9-13/h2-9,11,22H,10H2,1H3,(H,18,21)/t11-/m0/s1. The van der Waals surface area contributed by atoms with Gasteiger partial charge < -0.3 is 0 Å². The van der Waals surface area contributed by atoms with Gasteiger partial charge in [0.2, 0.25) is 10.0 Å². The Hall–Kier alpha value is -2.53. The molecule has 0 aliphatic heterocycles. The molecular weight excluding hydrogens is 398 g/mol. The Balaban J connectivity index is 2.50. The molecule has 0 bridgehead atoms. The number of hydroxylamine groups is 1. The van der Waals surface area contributed by atoms with Gasteiger partial charge in [-0.2, -0.15) is 4.31 Å². The van der Waals surface area contributed by atoms with Crippen molar-refractivity contribution >= 4 is 33.2 Å². The second-order valence-electron chi connectivity index (χ2n) is 5.56. The average Bonchev–Trinajstić information content (AvgIpc) is 2.65. The Morgan fingerprint density at radius 3 is 2.44 bits per heavy atom. The van der Waals surface area contributed by atoms with Crippen LogP contribution in [0.15, 0.2) is 53.4 Å². The first kappa shape index (κ1) is 20.8. The number of carbonyl (C=O) groups excluding carboxylic acids is 1. The van der Waals surface area contributed by atoms with E-state index in [1.165, 1.54) is 12.4 Å². The van der Waals surface area contributed by atoms with E-state index in [1.54, 1.807) is 30.3 Å². The molecule has 0 aliphatic rings. The molecular formula is C16H16ClN3O6S. The quantitative estimate of drug-likeness (QED) is 0.407. The van der Waals surface area contributed by atoms with Crippen molar-refractivity contribution in [3.8, 4) is 0 Å². The van der Waals surface area contributed by atoms with Crippen LogP contribution in [0.4, 0.5) is 5.69 Å². The lowest BCUT2D eigenvalue weighted by Gasteiger charge is -2.27. The number of halogens is 1. The topological polar surface area (TPSA) is 130 Å². The fraction of sp³-hybridized carbons (Fsp3) is 0.188. The summed E-state index contributed by atoms with van der Waals surface area (Å²) in [5.74, 6) is -0.928. The van der Waals surface area contributed by atoms with Gasteiger partial charge in [-0.15, -0.1) is 0 Å². The second-order valence-corrected chi connectivity index (χ2v) is 7.86. The Bertz CT molecular complexity index is 952. The molecule has 0 unspecified atom stereocenters. The van der Waals surface area contributed by atoms with Gasteiger partial charge in [0, 0.05) is 12.6 Å². The first-order chi connectivity index (χ1) is 12.7. The number of nitrogens with one attached hydrogen (secondary N) is 1. The van der Waals surface area contributed by atoms with E-state index in [1.807, 2.05) is 0 Å². The lowest BCUT2D eigenvalue weighted by molar-refractivity contribution is -0.384. The maximum atomic E-state index is 13.1. The number of carbonyl (C=O) groups is 1. The van der Waals surface area contributed by atoms with Gasteiger partial charge in [0.05, 0.1) is 9.82 Å². The Morgan fingerprint density at radius 2 is 1.93 bits per heavy atom. The monoisotopic (exact) mass is 413 g/mol. The highest BCUT2D eigenvalue weighted by Gasteiger charge is 2.34. The normalized spacial score (nSPS) is 12.6. The van der Waals surface area contributed by atoms with E-state index in [0.717, 1.165) is 22.5 Å². The minimum atomic E-state index is -4.26. The molecule has 0 radical (unpaired) electrons. The number of sulfonamides is 1. The molecule has 0 spiro atoms. The molecule has 27 heavy (non-hydrogen) atoms. The van der Waals surface area contributed by atoms with E-state index < -0.39 is 32.6 Å². The Morgan fingerprint density at radius 1 is 1.30 bits per heavy atom. The molecule has 0 aromatic heterocycles. The molecule has 0 heterocycles. The minimum absolute atomic E-state index is 0.160. The van der Waals surface area contributed by atoms with Gasteiger partial charge in [0.15, 0.2) is 0 Å². The molecule has 2 N–H and O–H groups in total. The van der Waals surface area contributed by atoms with Crippen molar-refractivity contribution in [1.82, 2.24) is 9.79 Å². The van der Waals surface area contributed by atoms with Crippen molar-refractivity contribution in [2.45, 2.75) is 24.4 Å². The first-order valence-corrected chi connectivity index (χ1v) is 9.44. The van der Waals surface area contributed by atoms with Crippen molar-refractivity contribution in [3.05, 3.63) is 69.2 Å². The summed E-state index contributed by atoms with van der Waals surface area (Å²) in [5, 5.41) is 19.4. The van der Waals surface area contributed by atoms with Crippen LogP contribution in [0, 0.1) is 10.1 Å². The second kappa shape index (κ2) is 8.44. The highest BCUT2D eigenvalue weighted by molar-refractivity contribution is 7.89. The van der Waals surface area contributed by atoms with Crippen molar-refractivity contribution in [2.75, 3.05) is 0 Å². The van der Waals surface area contributed by atoms with Gasteiger partial charge in [-0.1, -0.05) is 41.9 Å². The molecule has 144 valence electrons. The molecule has 2 aromatic carbocycles. The summed E-state index contributed by atoms with van der Waals surface area (Å²) >= 11 is 5.82. The van der Waals surface area contributed by atoms with Crippen molar-refractivity contribution in [2.24, 2.45) is 0 Å². The number of hydrogen-bond donors (Lipinski definition) is 2. The molecule has 11 heteroatoms. The van der Waals surface area contributed by atoms with Gasteiger partial charge in [0.1, 0.15) is 11.1 Å². The first-order valence-electron chi connectivity index (χ1n) is 7.62. The van der Waals surface area contributed by atoms with Gasteiger partial charge in [-0.25, -0.2) is 13.9 Å². The molecule has 0 fully saturated rings. The highest BCUT2D eigenvalue weighted by Crippen LogP contribution is 2.29. The maximum absolute atomic E-state index is 13.1. The van der Waals surface area contributed by atoms with E-state index in [4.69, 9.17) is 16.8 Å². The zero-order chi connectivity index (χ0) is 20.2. The van der Waals surface area contributed by atoms with Gasteiger partial charge in [0.25, 0.3) is 11.6 Å². The number of nitro benzene ring substituents is 1. The number of benzene rings is 2. The van der Waals surface area contributed by atoms with Crippen LogP contribution in [0.2, 0.25) is 5.02 Å². The van der Waals surface area contributed by atoms with E-state index in [-0.39, 0.29) is 16.5 Å². The van der Waals surface area contributed by atoms with Crippen molar-refractivity contribution < 1.29 is 23.3 Å². The van der Waals surface area contributed by atoms with Crippen molar-refractivity contribution in [3.63, 3.8) is 0 Å². The van der Waals surface area contributed by atoms with Crippen LogP contribution in [0.3, 0.4) is 0 Å². The number of nitrogens with zero attached hydrogens (tertiary/aromatic N) is 2. The largest absolute Gasteiger partial charge is 0.289 e. The minimum Gasteiger partial charge on any atom is -0.289 e. The highest BCUT2D eigenvalue weighted by atomic mass is 35.5. The molecule has 9 nitrogen and oxygen atoms in total. The average molecular weight is 414 g/mol. The predicted molar refractivity (Wildman–Crippen MR) is 96.7 cm³/mol. The summed E-state index contributed by atoms with van der Waals surface area (Å²) in [5.41, 5.74) is 1.59. The lowest BCUT2D eigenvalue weighted by Crippen LogP contribution is -2.46. The summed E-state index contributed by atoms with van der Waals surface area (Å²) < 4.78 is 27.0.